The van der Waals surface area contributed by atoms with Crippen LogP contribution in [0.3, 0.4) is 0 Å². The molecule has 0 bridgehead atoms. The number of aliphatic imine (C=N–C) groups is 1. The van der Waals surface area contributed by atoms with Crippen LogP contribution in [-0.4, -0.2) is 12.1 Å². The van der Waals surface area contributed by atoms with Crippen molar-refractivity contribution in [3.63, 3.8) is 0 Å². The molecule has 3 unspecified atom stereocenters. The van der Waals surface area contributed by atoms with E-state index in [9.17, 15) is 0 Å². The van der Waals surface area contributed by atoms with Gasteiger partial charge in [-0.25, -0.2) is 4.99 Å². The minimum Gasteiger partial charge on any atom is -0.443 e. The van der Waals surface area contributed by atoms with Crippen LogP contribution in [0.1, 0.15) is 99.5 Å². The van der Waals surface area contributed by atoms with Gasteiger partial charge in [0.25, 0.3) is 0 Å². The predicted octanol–water partition coefficient (Wildman–Crippen LogP) is 11.4. The lowest BCUT2D eigenvalue weighted by atomic mass is 9.65. The Morgan fingerprint density at radius 2 is 1.65 bits per heavy atom. The van der Waals surface area contributed by atoms with Crippen molar-refractivity contribution >= 4 is 17.2 Å². The highest BCUT2D eigenvalue weighted by Gasteiger charge is 2.49. The van der Waals surface area contributed by atoms with Crippen molar-refractivity contribution in [3.8, 4) is 11.1 Å². The van der Waals surface area contributed by atoms with Crippen molar-refractivity contribution in [1.82, 2.24) is 5.32 Å². The van der Waals surface area contributed by atoms with E-state index in [-0.39, 0.29) is 22.9 Å². The van der Waals surface area contributed by atoms with E-state index in [1.807, 2.05) is 0 Å². The van der Waals surface area contributed by atoms with Crippen LogP contribution >= 0.6 is 0 Å². The van der Waals surface area contributed by atoms with Crippen LogP contribution in [0.4, 0.5) is 0 Å². The van der Waals surface area contributed by atoms with Gasteiger partial charge in [0.2, 0.25) is 5.90 Å². The molecule has 1 saturated heterocycles. The van der Waals surface area contributed by atoms with Gasteiger partial charge in [-0.3, -0.25) is 0 Å². The van der Waals surface area contributed by atoms with Gasteiger partial charge in [-0.15, -0.1) is 0 Å². The van der Waals surface area contributed by atoms with E-state index in [0.29, 0.717) is 5.92 Å². The van der Waals surface area contributed by atoms with E-state index in [1.54, 1.807) is 22.3 Å². The summed E-state index contributed by atoms with van der Waals surface area (Å²) in [6.45, 7) is 4.86. The van der Waals surface area contributed by atoms with E-state index in [0.717, 1.165) is 36.6 Å². The fourth-order valence-electron chi connectivity index (χ4n) is 11.3. The number of rotatable bonds is 3. The maximum absolute atomic E-state index is 6.52. The average molecular weight is 679 g/mol. The van der Waals surface area contributed by atoms with Crippen molar-refractivity contribution in [2.75, 3.05) is 0 Å². The van der Waals surface area contributed by atoms with E-state index >= 15 is 0 Å². The molecule has 3 nitrogen and oxygen atoms in total. The second-order valence-electron chi connectivity index (χ2n) is 16.8. The third-order valence-corrected chi connectivity index (χ3v) is 13.8. The molecular weight excluding hydrogens is 633 g/mol. The zero-order chi connectivity index (χ0) is 34.6. The number of benzene rings is 3. The highest BCUT2D eigenvalue weighted by molar-refractivity contribution is 6.06. The van der Waals surface area contributed by atoms with Gasteiger partial charge in [-0.2, -0.15) is 0 Å². The van der Waals surface area contributed by atoms with Gasteiger partial charge < -0.3 is 10.1 Å². The number of hydrogen-bond donors (Lipinski definition) is 1. The molecule has 1 saturated carbocycles. The van der Waals surface area contributed by atoms with Crippen molar-refractivity contribution in [1.29, 1.82) is 0 Å². The second-order valence-corrected chi connectivity index (χ2v) is 16.8. The Balaban J connectivity index is 0.975. The number of nitrogens with zero attached hydrogens (tertiary/aromatic N) is 1. The molecule has 11 rings (SSSR count). The van der Waals surface area contributed by atoms with Gasteiger partial charge >= 0.3 is 0 Å². The number of fused-ring (bicyclic) bond motifs is 10. The summed E-state index contributed by atoms with van der Waals surface area (Å²) in [5.74, 6) is 2.33. The fourth-order valence-corrected chi connectivity index (χ4v) is 11.3. The maximum Gasteiger partial charge on any atom is 0.222 e. The normalized spacial score (nSPS) is 26.9. The zero-order valence-electron chi connectivity index (χ0n) is 30.3. The Morgan fingerprint density at radius 1 is 0.827 bits per heavy atom. The third kappa shape index (κ3) is 4.29. The van der Waals surface area contributed by atoms with Gasteiger partial charge in [0.05, 0.1) is 11.6 Å². The summed E-state index contributed by atoms with van der Waals surface area (Å²) in [6, 6.07) is 25.3. The van der Waals surface area contributed by atoms with E-state index in [2.05, 4.69) is 128 Å². The lowest BCUT2D eigenvalue weighted by Gasteiger charge is -2.39. The Kier molecular flexibility index (Phi) is 6.68. The first-order chi connectivity index (χ1) is 25.5. The monoisotopic (exact) mass is 678 g/mol. The number of ether oxygens (including phenoxy) is 1. The molecule has 3 aromatic carbocycles. The summed E-state index contributed by atoms with van der Waals surface area (Å²) in [5.41, 5.74) is 19.0. The smallest absolute Gasteiger partial charge is 0.222 e. The first-order valence-corrected chi connectivity index (χ1v) is 19.8. The summed E-state index contributed by atoms with van der Waals surface area (Å²) in [5, 5.41) is 3.95. The number of allylic oxidation sites excluding steroid dienone is 11. The molecule has 3 atom stereocenters. The fraction of sp³-hybridized carbons (Fsp3) is 0.327. The molecule has 8 aliphatic rings. The van der Waals surface area contributed by atoms with Gasteiger partial charge in [-0.1, -0.05) is 130 Å². The molecule has 6 aliphatic carbocycles. The number of hydrogen-bond acceptors (Lipinski definition) is 3. The molecule has 0 amide bonds. The van der Waals surface area contributed by atoms with Crippen LogP contribution in [0.5, 0.6) is 0 Å². The van der Waals surface area contributed by atoms with Crippen LogP contribution in [0.15, 0.2) is 142 Å². The topological polar surface area (TPSA) is 33.6 Å². The standard InChI is InChI=1S/C49H46N2O/c1-48(2)38-22-9-7-19-34(38)36-28-41-37(29-40(36)48)43-33(21-14-23-39(43)49(41)25-11-4-12-26-49)31-17-13-18-32(27-31)46-50-45(30-15-5-3-6-16-30)44-35-20-8-10-24-42(35)52-47(44)51-46/h3,5-10,13,15-19,21-22,24,28-29,31,35,46,50H,4,11-12,14,20,23,25-27H2,1-2H3. The van der Waals surface area contributed by atoms with Gasteiger partial charge in [0.15, 0.2) is 0 Å². The van der Waals surface area contributed by atoms with Crippen LogP contribution in [-0.2, 0) is 15.6 Å². The third-order valence-electron chi connectivity index (χ3n) is 13.8. The quantitative estimate of drug-likeness (QED) is 0.299. The Morgan fingerprint density at radius 3 is 2.54 bits per heavy atom. The Hall–Kier alpha value is -4.89. The Labute approximate surface area is 308 Å². The lowest BCUT2D eigenvalue weighted by molar-refractivity contribution is 0.337. The summed E-state index contributed by atoms with van der Waals surface area (Å²) in [6.07, 6.45) is 26.8. The first-order valence-electron chi connectivity index (χ1n) is 19.8. The highest BCUT2D eigenvalue weighted by Crippen LogP contribution is 2.62. The summed E-state index contributed by atoms with van der Waals surface area (Å²) in [7, 11) is 0. The molecule has 0 radical (unpaired) electrons. The van der Waals surface area contributed by atoms with Crippen molar-refractivity contribution in [2.45, 2.75) is 88.6 Å². The van der Waals surface area contributed by atoms with E-state index in [1.165, 1.54) is 83.1 Å². The van der Waals surface area contributed by atoms with Crippen LogP contribution in [0.25, 0.3) is 22.4 Å². The van der Waals surface area contributed by atoms with Crippen LogP contribution in [0.2, 0.25) is 0 Å². The molecule has 52 heavy (non-hydrogen) atoms. The molecule has 2 aliphatic heterocycles. The van der Waals surface area contributed by atoms with E-state index in [4.69, 9.17) is 9.73 Å². The molecule has 3 aromatic rings. The second kappa shape index (κ2) is 11.3. The lowest BCUT2D eigenvalue weighted by Crippen LogP contribution is -2.36. The number of nitrogens with one attached hydrogen (secondary N) is 1. The van der Waals surface area contributed by atoms with E-state index < -0.39 is 0 Å². The molecule has 1 N–H and O–H groups in total. The SMILES string of the molecule is CC1(C)c2ccccc2-c2cc3c(cc21)C1=C(CCC=C1C1C=CC=C(C2N=C4OC5=CC=CCC5C4=C(c4ccccc4)N2)C1)C31CCCCC1. The molecule has 258 valence electrons. The van der Waals surface area contributed by atoms with Crippen molar-refractivity contribution < 1.29 is 4.74 Å². The highest BCUT2D eigenvalue weighted by atomic mass is 16.5. The van der Waals surface area contributed by atoms with Gasteiger partial charge in [0, 0.05) is 22.3 Å². The molecule has 3 heteroatoms. The first kappa shape index (κ1) is 30.7. The van der Waals surface area contributed by atoms with Crippen molar-refractivity contribution in [2.24, 2.45) is 16.8 Å². The van der Waals surface area contributed by atoms with Crippen LogP contribution < -0.4 is 5.32 Å². The summed E-state index contributed by atoms with van der Waals surface area (Å²) >= 11 is 0. The molecule has 2 heterocycles. The van der Waals surface area contributed by atoms with Crippen LogP contribution in [0, 0.1) is 11.8 Å². The average Bonchev–Trinajstić information content (AvgIpc) is 3.78. The summed E-state index contributed by atoms with van der Waals surface area (Å²) < 4.78 is 6.52. The Bertz CT molecular complexity index is 2310. The molecule has 0 aromatic heterocycles. The van der Waals surface area contributed by atoms with Gasteiger partial charge in [-0.05, 0) is 112 Å². The molecule has 1 spiro atoms. The molecule has 2 fully saturated rings. The molecular formula is C49H46N2O. The largest absolute Gasteiger partial charge is 0.443 e. The minimum absolute atomic E-state index is 0.0101. The van der Waals surface area contributed by atoms with Crippen molar-refractivity contribution in [3.05, 3.63) is 165 Å². The predicted molar refractivity (Wildman–Crippen MR) is 212 cm³/mol. The maximum atomic E-state index is 6.52. The zero-order valence-corrected chi connectivity index (χ0v) is 30.3. The van der Waals surface area contributed by atoms with Gasteiger partial charge in [0.1, 0.15) is 11.9 Å². The minimum atomic E-state index is -0.170. The summed E-state index contributed by atoms with van der Waals surface area (Å²) in [4.78, 5) is 5.32.